The summed E-state index contributed by atoms with van der Waals surface area (Å²) in [7, 11) is -3.71. The van der Waals surface area contributed by atoms with Crippen molar-refractivity contribution in [3.05, 3.63) is 57.5 Å². The Bertz CT molecular complexity index is 748. The molecule has 0 saturated heterocycles. The first-order chi connectivity index (χ1) is 9.79. The van der Waals surface area contributed by atoms with E-state index in [4.69, 9.17) is 17.3 Å². The molecule has 0 aliphatic rings. The summed E-state index contributed by atoms with van der Waals surface area (Å²) < 4.78 is 28.1. The van der Waals surface area contributed by atoms with E-state index < -0.39 is 16.1 Å². The normalized spacial score (nSPS) is 13.1. The SMILES string of the molecule is CC(NS(=O)(=O)c1cc(Br)ccc1N)c1ccc(Cl)cc1. The van der Waals surface area contributed by atoms with Crippen molar-refractivity contribution in [3.8, 4) is 0 Å². The Kier molecular flexibility index (Phi) is 4.93. The number of rotatable bonds is 4. The van der Waals surface area contributed by atoms with E-state index in [1.54, 1.807) is 43.3 Å². The molecule has 1 unspecified atom stereocenters. The lowest BCUT2D eigenvalue weighted by Crippen LogP contribution is -2.27. The van der Waals surface area contributed by atoms with Crippen molar-refractivity contribution in [2.45, 2.75) is 17.9 Å². The van der Waals surface area contributed by atoms with Gasteiger partial charge in [-0.1, -0.05) is 39.7 Å². The predicted octanol–water partition coefficient (Wildman–Crippen LogP) is 3.72. The van der Waals surface area contributed by atoms with E-state index in [0.29, 0.717) is 9.50 Å². The van der Waals surface area contributed by atoms with Gasteiger partial charge in [0.15, 0.2) is 0 Å². The highest BCUT2D eigenvalue weighted by Gasteiger charge is 2.21. The van der Waals surface area contributed by atoms with Crippen LogP contribution in [0.1, 0.15) is 18.5 Å². The van der Waals surface area contributed by atoms with E-state index in [1.807, 2.05) is 0 Å². The molecule has 0 aliphatic carbocycles. The van der Waals surface area contributed by atoms with Crippen molar-refractivity contribution in [1.82, 2.24) is 4.72 Å². The van der Waals surface area contributed by atoms with Crippen molar-refractivity contribution in [3.63, 3.8) is 0 Å². The van der Waals surface area contributed by atoms with E-state index in [2.05, 4.69) is 20.7 Å². The summed E-state index contributed by atoms with van der Waals surface area (Å²) in [5.41, 5.74) is 6.77. The number of benzene rings is 2. The van der Waals surface area contributed by atoms with Gasteiger partial charge < -0.3 is 5.73 Å². The van der Waals surface area contributed by atoms with Gasteiger partial charge in [-0.2, -0.15) is 0 Å². The quantitative estimate of drug-likeness (QED) is 0.783. The van der Waals surface area contributed by atoms with E-state index in [1.165, 1.54) is 6.07 Å². The third kappa shape index (κ3) is 3.97. The lowest BCUT2D eigenvalue weighted by molar-refractivity contribution is 0.567. The average Bonchev–Trinajstić information content (AvgIpc) is 2.41. The summed E-state index contributed by atoms with van der Waals surface area (Å²) >= 11 is 9.07. The van der Waals surface area contributed by atoms with Gasteiger partial charge in [0.1, 0.15) is 4.90 Å². The number of hydrogen-bond donors (Lipinski definition) is 2. The summed E-state index contributed by atoms with van der Waals surface area (Å²) in [6, 6.07) is 11.3. The molecule has 0 bridgehead atoms. The average molecular weight is 390 g/mol. The van der Waals surface area contributed by atoms with Crippen LogP contribution in [0.25, 0.3) is 0 Å². The fourth-order valence-corrected chi connectivity index (χ4v) is 3.88. The van der Waals surface area contributed by atoms with Crippen LogP contribution in [0.3, 0.4) is 0 Å². The maximum atomic E-state index is 12.4. The fourth-order valence-electron chi connectivity index (χ4n) is 1.86. The second kappa shape index (κ2) is 6.36. The molecular formula is C14H14BrClN2O2S. The molecule has 0 heterocycles. The van der Waals surface area contributed by atoms with Gasteiger partial charge in [-0.15, -0.1) is 0 Å². The van der Waals surface area contributed by atoms with Crippen LogP contribution in [0, 0.1) is 0 Å². The van der Waals surface area contributed by atoms with Crippen LogP contribution in [0.4, 0.5) is 5.69 Å². The summed E-state index contributed by atoms with van der Waals surface area (Å²) in [6.07, 6.45) is 0. The smallest absolute Gasteiger partial charge is 0.243 e. The van der Waals surface area contributed by atoms with Crippen molar-refractivity contribution in [1.29, 1.82) is 0 Å². The molecule has 2 aromatic rings. The zero-order chi connectivity index (χ0) is 15.6. The second-order valence-electron chi connectivity index (χ2n) is 4.58. The largest absolute Gasteiger partial charge is 0.398 e. The third-order valence-corrected chi connectivity index (χ3v) is 5.31. The van der Waals surface area contributed by atoms with Gasteiger partial charge in [0, 0.05) is 15.5 Å². The minimum absolute atomic E-state index is 0.0534. The number of hydrogen-bond acceptors (Lipinski definition) is 3. The lowest BCUT2D eigenvalue weighted by Gasteiger charge is -2.16. The van der Waals surface area contributed by atoms with Crippen LogP contribution < -0.4 is 10.5 Å². The van der Waals surface area contributed by atoms with Crippen LogP contribution in [0.5, 0.6) is 0 Å². The number of sulfonamides is 1. The summed E-state index contributed by atoms with van der Waals surface area (Å²) in [5, 5.41) is 0.602. The van der Waals surface area contributed by atoms with Crippen molar-refractivity contribution in [2.75, 3.05) is 5.73 Å². The van der Waals surface area contributed by atoms with E-state index in [9.17, 15) is 8.42 Å². The van der Waals surface area contributed by atoms with Gasteiger partial charge in [-0.3, -0.25) is 0 Å². The molecule has 2 rings (SSSR count). The first-order valence-electron chi connectivity index (χ1n) is 6.12. The van der Waals surface area contributed by atoms with E-state index in [-0.39, 0.29) is 10.6 Å². The van der Waals surface area contributed by atoms with Crippen molar-refractivity contribution in [2.24, 2.45) is 0 Å². The van der Waals surface area contributed by atoms with Crippen molar-refractivity contribution < 1.29 is 8.42 Å². The molecule has 7 heteroatoms. The number of halogens is 2. The van der Waals surface area contributed by atoms with Gasteiger partial charge in [0.25, 0.3) is 0 Å². The molecule has 112 valence electrons. The molecule has 21 heavy (non-hydrogen) atoms. The molecule has 0 aromatic heterocycles. The fraction of sp³-hybridized carbons (Fsp3) is 0.143. The van der Waals surface area contributed by atoms with E-state index in [0.717, 1.165) is 5.56 Å². The molecular weight excluding hydrogens is 376 g/mol. The summed E-state index contributed by atoms with van der Waals surface area (Å²) in [4.78, 5) is 0.0534. The second-order valence-corrected chi connectivity index (χ2v) is 7.61. The number of nitrogen functional groups attached to an aromatic ring is 1. The zero-order valence-electron chi connectivity index (χ0n) is 11.2. The molecule has 0 radical (unpaired) electrons. The molecule has 3 N–H and O–H groups in total. The monoisotopic (exact) mass is 388 g/mol. The predicted molar refractivity (Wildman–Crippen MR) is 88.7 cm³/mol. The highest BCUT2D eigenvalue weighted by atomic mass is 79.9. The maximum absolute atomic E-state index is 12.4. The third-order valence-electron chi connectivity index (χ3n) is 2.97. The van der Waals surface area contributed by atoms with Gasteiger partial charge in [0.2, 0.25) is 10.0 Å². The van der Waals surface area contributed by atoms with Gasteiger partial charge >= 0.3 is 0 Å². The molecule has 2 aromatic carbocycles. The van der Waals surface area contributed by atoms with Gasteiger partial charge in [0.05, 0.1) is 5.69 Å². The number of anilines is 1. The molecule has 0 fully saturated rings. The first-order valence-corrected chi connectivity index (χ1v) is 8.78. The van der Waals surface area contributed by atoms with Crippen molar-refractivity contribution >= 4 is 43.2 Å². The van der Waals surface area contributed by atoms with Gasteiger partial charge in [-0.05, 0) is 42.8 Å². The molecule has 0 amide bonds. The van der Waals surface area contributed by atoms with Gasteiger partial charge in [-0.25, -0.2) is 13.1 Å². The Morgan fingerprint density at radius 2 is 1.81 bits per heavy atom. The highest BCUT2D eigenvalue weighted by molar-refractivity contribution is 9.10. The Morgan fingerprint density at radius 3 is 2.43 bits per heavy atom. The number of nitrogens with two attached hydrogens (primary N) is 1. The number of nitrogens with one attached hydrogen (secondary N) is 1. The zero-order valence-corrected chi connectivity index (χ0v) is 14.3. The maximum Gasteiger partial charge on any atom is 0.243 e. The molecule has 0 spiro atoms. The topological polar surface area (TPSA) is 72.2 Å². The Labute approximate surface area is 137 Å². The Hall–Kier alpha value is -1.08. The molecule has 1 atom stereocenters. The van der Waals surface area contributed by atoms with Crippen LogP contribution in [-0.4, -0.2) is 8.42 Å². The highest BCUT2D eigenvalue weighted by Crippen LogP contribution is 2.25. The first kappa shape index (κ1) is 16.3. The lowest BCUT2D eigenvalue weighted by atomic mass is 10.1. The molecule has 0 aliphatic heterocycles. The van der Waals surface area contributed by atoms with Crippen LogP contribution in [0.15, 0.2) is 51.8 Å². The minimum Gasteiger partial charge on any atom is -0.398 e. The van der Waals surface area contributed by atoms with Crippen LogP contribution in [0.2, 0.25) is 5.02 Å². The Balaban J connectivity index is 2.28. The molecule has 4 nitrogen and oxygen atoms in total. The van der Waals surface area contributed by atoms with E-state index >= 15 is 0 Å². The molecule has 0 saturated carbocycles. The van der Waals surface area contributed by atoms with Crippen LogP contribution >= 0.6 is 27.5 Å². The standard InChI is InChI=1S/C14H14BrClN2O2S/c1-9(10-2-5-12(16)6-3-10)18-21(19,20)14-8-11(15)4-7-13(14)17/h2-9,18H,17H2,1H3. The Morgan fingerprint density at radius 1 is 1.19 bits per heavy atom. The minimum atomic E-state index is -3.71. The summed E-state index contributed by atoms with van der Waals surface area (Å²) in [6.45, 7) is 1.76. The summed E-state index contributed by atoms with van der Waals surface area (Å²) in [5.74, 6) is 0. The van der Waals surface area contributed by atoms with Crippen LogP contribution in [-0.2, 0) is 10.0 Å².